The standard InChI is InChI=1S/C36H35ClN6O5/c1-3-47-27-16-8-22(9-17-27)20-24-6-5-7-29-31(24)39-43(33(29)23-10-18-28(19-11-23)48-4-2)30(44)21-41-34-32(38-40-41)35(45)42(36(34)46)26-14-12-25(37)13-15-26/h8-20,29,32-34H,3-7,21H2,1-2H3. The number of imide groups is 1. The van der Waals surface area contributed by atoms with Crippen LogP contribution < -0.4 is 14.4 Å². The second kappa shape index (κ2) is 13.2. The molecule has 3 heterocycles. The summed E-state index contributed by atoms with van der Waals surface area (Å²) in [6.45, 7) is 4.76. The summed E-state index contributed by atoms with van der Waals surface area (Å²) < 4.78 is 11.3. The summed E-state index contributed by atoms with van der Waals surface area (Å²) in [4.78, 5) is 42.1. The summed E-state index contributed by atoms with van der Waals surface area (Å²) >= 11 is 6.02. The molecule has 7 rings (SSSR count). The number of anilines is 1. The number of hydrazone groups is 1. The van der Waals surface area contributed by atoms with Crippen LogP contribution in [0.25, 0.3) is 6.08 Å². The molecule has 12 heteroatoms. The van der Waals surface area contributed by atoms with Gasteiger partial charge in [-0.1, -0.05) is 41.1 Å². The highest BCUT2D eigenvalue weighted by Crippen LogP contribution is 2.45. The minimum absolute atomic E-state index is 0.0300. The number of halogens is 1. The molecule has 3 aromatic carbocycles. The molecule has 48 heavy (non-hydrogen) atoms. The fourth-order valence-corrected chi connectivity index (χ4v) is 7.03. The van der Waals surface area contributed by atoms with Crippen LogP contribution in [0.4, 0.5) is 5.69 Å². The van der Waals surface area contributed by atoms with Crippen LogP contribution in [0.1, 0.15) is 50.3 Å². The fourth-order valence-electron chi connectivity index (χ4n) is 6.91. The van der Waals surface area contributed by atoms with Crippen molar-refractivity contribution in [1.82, 2.24) is 10.0 Å². The van der Waals surface area contributed by atoms with Gasteiger partial charge in [-0.25, -0.2) is 9.91 Å². The zero-order valence-corrected chi connectivity index (χ0v) is 27.4. The molecule has 3 aliphatic heterocycles. The van der Waals surface area contributed by atoms with E-state index < -0.39 is 23.9 Å². The molecule has 4 aliphatic rings. The maximum atomic E-state index is 14.2. The van der Waals surface area contributed by atoms with Crippen LogP contribution in [0.3, 0.4) is 0 Å². The lowest BCUT2D eigenvalue weighted by atomic mass is 9.77. The molecule has 0 bridgehead atoms. The molecular formula is C36H35ClN6O5. The lowest BCUT2D eigenvalue weighted by Gasteiger charge is -2.30. The van der Waals surface area contributed by atoms with Gasteiger partial charge in [0.2, 0.25) is 0 Å². The lowest BCUT2D eigenvalue weighted by molar-refractivity contribution is -0.136. The molecule has 246 valence electrons. The van der Waals surface area contributed by atoms with Gasteiger partial charge in [0.1, 0.15) is 18.0 Å². The third-order valence-electron chi connectivity index (χ3n) is 9.06. The Morgan fingerprint density at radius 3 is 2.23 bits per heavy atom. The van der Waals surface area contributed by atoms with E-state index in [1.165, 1.54) is 10.0 Å². The number of fused-ring (bicyclic) bond motifs is 2. The van der Waals surface area contributed by atoms with Crippen LogP contribution in [0, 0.1) is 5.92 Å². The smallest absolute Gasteiger partial charge is 0.264 e. The zero-order chi connectivity index (χ0) is 33.4. The van der Waals surface area contributed by atoms with Crippen molar-refractivity contribution in [2.24, 2.45) is 21.4 Å². The van der Waals surface area contributed by atoms with E-state index in [0.29, 0.717) is 23.9 Å². The van der Waals surface area contributed by atoms with Gasteiger partial charge in [-0.2, -0.15) is 10.2 Å². The van der Waals surface area contributed by atoms with Gasteiger partial charge in [-0.05, 0) is 104 Å². The van der Waals surface area contributed by atoms with Crippen molar-refractivity contribution in [3.63, 3.8) is 0 Å². The van der Waals surface area contributed by atoms with Gasteiger partial charge < -0.3 is 9.47 Å². The molecule has 0 spiro atoms. The number of ether oxygens (including phenoxy) is 2. The van der Waals surface area contributed by atoms with Crippen molar-refractivity contribution in [3.05, 3.63) is 94.5 Å². The van der Waals surface area contributed by atoms with E-state index in [0.717, 1.165) is 58.1 Å². The average Bonchev–Trinajstić information content (AvgIpc) is 3.76. The first-order valence-electron chi connectivity index (χ1n) is 16.2. The number of nitrogens with zero attached hydrogens (tertiary/aromatic N) is 6. The largest absolute Gasteiger partial charge is 0.494 e. The van der Waals surface area contributed by atoms with Crippen LogP contribution in [0.5, 0.6) is 11.5 Å². The van der Waals surface area contributed by atoms with Gasteiger partial charge in [0.15, 0.2) is 12.1 Å². The molecule has 2 fully saturated rings. The highest BCUT2D eigenvalue weighted by molar-refractivity contribution is 6.31. The predicted molar refractivity (Wildman–Crippen MR) is 181 cm³/mol. The number of carbonyl (C=O) groups excluding carboxylic acids is 3. The van der Waals surface area contributed by atoms with Crippen LogP contribution in [-0.2, 0) is 14.4 Å². The number of carbonyl (C=O) groups is 3. The average molecular weight is 667 g/mol. The summed E-state index contributed by atoms with van der Waals surface area (Å²) in [7, 11) is 0. The van der Waals surface area contributed by atoms with Gasteiger partial charge in [0, 0.05) is 10.9 Å². The monoisotopic (exact) mass is 666 g/mol. The van der Waals surface area contributed by atoms with E-state index in [1.807, 2.05) is 62.4 Å². The Balaban J connectivity index is 1.18. The van der Waals surface area contributed by atoms with Gasteiger partial charge in [0.25, 0.3) is 17.7 Å². The van der Waals surface area contributed by atoms with Crippen molar-refractivity contribution >= 4 is 46.8 Å². The number of hydrogen-bond donors (Lipinski definition) is 0. The van der Waals surface area contributed by atoms with Gasteiger partial charge in [0.05, 0.1) is 30.7 Å². The molecule has 3 aromatic rings. The Labute approximate surface area is 283 Å². The Morgan fingerprint density at radius 2 is 1.56 bits per heavy atom. The van der Waals surface area contributed by atoms with Crippen molar-refractivity contribution in [1.29, 1.82) is 0 Å². The molecule has 0 radical (unpaired) electrons. The van der Waals surface area contributed by atoms with Crippen LogP contribution in [0.15, 0.2) is 93.8 Å². The summed E-state index contributed by atoms with van der Waals surface area (Å²) in [5, 5.41) is 16.6. The van der Waals surface area contributed by atoms with E-state index in [2.05, 4.69) is 16.4 Å². The van der Waals surface area contributed by atoms with Crippen molar-refractivity contribution in [2.45, 2.75) is 51.2 Å². The number of allylic oxidation sites excluding steroid dienone is 1. The number of hydrogen-bond acceptors (Lipinski definition) is 9. The molecule has 4 atom stereocenters. The van der Waals surface area contributed by atoms with E-state index in [1.54, 1.807) is 24.3 Å². The van der Waals surface area contributed by atoms with Gasteiger partial charge in [-0.15, -0.1) is 0 Å². The summed E-state index contributed by atoms with van der Waals surface area (Å²) in [5.74, 6) is 0.200. The predicted octanol–water partition coefficient (Wildman–Crippen LogP) is 6.25. The summed E-state index contributed by atoms with van der Waals surface area (Å²) in [6.07, 6.45) is 4.78. The molecule has 1 saturated heterocycles. The van der Waals surface area contributed by atoms with Crippen molar-refractivity contribution < 1.29 is 23.9 Å². The first-order valence-corrected chi connectivity index (χ1v) is 16.6. The summed E-state index contributed by atoms with van der Waals surface area (Å²) in [5.41, 5.74) is 4.31. The Hall–Kier alpha value is -5.03. The van der Waals surface area contributed by atoms with E-state index in [4.69, 9.17) is 26.2 Å². The van der Waals surface area contributed by atoms with Crippen LogP contribution >= 0.6 is 11.6 Å². The quantitative estimate of drug-likeness (QED) is 0.249. The first-order chi connectivity index (χ1) is 23.4. The maximum Gasteiger partial charge on any atom is 0.264 e. The molecule has 3 amide bonds. The minimum atomic E-state index is -1.03. The molecule has 4 unspecified atom stereocenters. The molecule has 0 N–H and O–H groups in total. The lowest BCUT2D eigenvalue weighted by Crippen LogP contribution is -2.45. The SMILES string of the molecule is CCOc1ccc(C=C2CCCC3C2=NN(C(=O)CN2N=NC4C(=O)N(c5ccc(Cl)cc5)C(=O)C42)C3c2ccc(OCC)cc2)cc1. The Bertz CT molecular complexity index is 1810. The van der Waals surface area contributed by atoms with Gasteiger partial charge in [-0.3, -0.25) is 19.4 Å². The second-order valence-corrected chi connectivity index (χ2v) is 12.5. The second-order valence-electron chi connectivity index (χ2n) is 12.0. The normalized spacial score (nSPS) is 23.9. The molecule has 0 aromatic heterocycles. The number of rotatable bonds is 9. The Kier molecular flexibility index (Phi) is 8.70. The molecule has 11 nitrogen and oxygen atoms in total. The molecule has 1 saturated carbocycles. The highest BCUT2D eigenvalue weighted by Gasteiger charge is 2.55. The number of benzene rings is 3. The zero-order valence-electron chi connectivity index (χ0n) is 26.7. The minimum Gasteiger partial charge on any atom is -0.494 e. The van der Waals surface area contributed by atoms with Crippen molar-refractivity contribution in [2.75, 3.05) is 24.7 Å². The fraction of sp³-hybridized carbons (Fsp3) is 0.333. The first kappa shape index (κ1) is 31.6. The topological polar surface area (TPSA) is 116 Å². The van der Waals surface area contributed by atoms with Crippen molar-refractivity contribution in [3.8, 4) is 11.5 Å². The van der Waals surface area contributed by atoms with E-state index in [9.17, 15) is 14.4 Å². The molecular weight excluding hydrogens is 632 g/mol. The van der Waals surface area contributed by atoms with Gasteiger partial charge >= 0.3 is 0 Å². The molecule has 1 aliphatic carbocycles. The highest BCUT2D eigenvalue weighted by atomic mass is 35.5. The van der Waals surface area contributed by atoms with E-state index >= 15 is 0 Å². The van der Waals surface area contributed by atoms with E-state index in [-0.39, 0.29) is 24.4 Å². The third-order valence-corrected chi connectivity index (χ3v) is 9.31. The third kappa shape index (κ3) is 5.83. The maximum absolute atomic E-state index is 14.2. The van der Waals surface area contributed by atoms with Crippen LogP contribution in [-0.4, -0.2) is 65.3 Å². The number of amides is 3. The summed E-state index contributed by atoms with van der Waals surface area (Å²) in [6, 6.07) is 19.7. The Morgan fingerprint density at radius 1 is 0.896 bits per heavy atom. The van der Waals surface area contributed by atoms with Crippen LogP contribution in [0.2, 0.25) is 5.02 Å².